The summed E-state index contributed by atoms with van der Waals surface area (Å²) in [5.41, 5.74) is 2.10. The summed E-state index contributed by atoms with van der Waals surface area (Å²) >= 11 is 1.16. The normalized spacial score (nSPS) is 16.0. The summed E-state index contributed by atoms with van der Waals surface area (Å²) in [6, 6.07) is 5.18. The Morgan fingerprint density at radius 3 is 2.85 bits per heavy atom. The molecule has 8 heteroatoms. The number of ether oxygens (including phenoxy) is 1. The molecule has 0 saturated heterocycles. The van der Waals surface area contributed by atoms with Crippen LogP contribution in [0.2, 0.25) is 0 Å². The van der Waals surface area contributed by atoms with Gasteiger partial charge in [0.1, 0.15) is 22.1 Å². The van der Waals surface area contributed by atoms with E-state index in [-0.39, 0.29) is 22.7 Å². The zero-order chi connectivity index (χ0) is 23.1. The van der Waals surface area contributed by atoms with Crippen molar-refractivity contribution >= 4 is 34.0 Å². The van der Waals surface area contributed by atoms with Crippen molar-refractivity contribution in [2.45, 2.75) is 32.4 Å². The monoisotopic (exact) mass is 463 g/mol. The van der Waals surface area contributed by atoms with Crippen molar-refractivity contribution in [1.82, 2.24) is 9.36 Å². The van der Waals surface area contributed by atoms with Crippen molar-refractivity contribution in [1.29, 1.82) is 0 Å². The van der Waals surface area contributed by atoms with E-state index in [4.69, 9.17) is 4.74 Å². The van der Waals surface area contributed by atoms with Gasteiger partial charge >= 0.3 is 0 Å². The fraction of sp³-hybridized carbons (Fsp3) is 0.240. The van der Waals surface area contributed by atoms with Crippen molar-refractivity contribution < 1.29 is 13.9 Å². The number of carbonyl (C=O) groups excluding carboxylic acids is 1. The SMILES string of the molecule is C/C=C\C(=C/c1cccnc1)c1c(F)cc2c(c1OC)CN(C1CC1)c1s[nH]c(=O)c1C2=O. The number of halogens is 1. The maximum Gasteiger partial charge on any atom is 0.271 e. The van der Waals surface area contributed by atoms with Crippen molar-refractivity contribution in [3.8, 4) is 5.75 Å². The maximum absolute atomic E-state index is 15.7. The maximum atomic E-state index is 15.7. The molecule has 0 atom stereocenters. The third-order valence-corrected chi connectivity index (χ3v) is 6.83. The fourth-order valence-corrected chi connectivity index (χ4v) is 5.21. The van der Waals surface area contributed by atoms with Crippen LogP contribution in [0.4, 0.5) is 9.39 Å². The Kier molecular flexibility index (Phi) is 5.46. The van der Waals surface area contributed by atoms with Gasteiger partial charge < -0.3 is 9.64 Å². The lowest BCUT2D eigenvalue weighted by molar-refractivity contribution is 0.103. The van der Waals surface area contributed by atoms with Crippen LogP contribution in [-0.2, 0) is 6.54 Å². The molecule has 2 aliphatic rings. The van der Waals surface area contributed by atoms with Gasteiger partial charge in [-0.2, -0.15) is 0 Å². The average Bonchev–Trinajstić information content (AvgIpc) is 3.60. The van der Waals surface area contributed by atoms with E-state index in [1.54, 1.807) is 18.5 Å². The van der Waals surface area contributed by atoms with Crippen LogP contribution in [0.5, 0.6) is 5.75 Å². The second-order valence-electron chi connectivity index (χ2n) is 8.08. The van der Waals surface area contributed by atoms with E-state index in [0.717, 1.165) is 29.9 Å². The van der Waals surface area contributed by atoms with Crippen LogP contribution >= 0.6 is 11.5 Å². The molecule has 3 heterocycles. The lowest BCUT2D eigenvalue weighted by atomic mass is 9.92. The third-order valence-electron chi connectivity index (χ3n) is 5.91. The Hall–Kier alpha value is -3.52. The number of anilines is 1. The van der Waals surface area contributed by atoms with Gasteiger partial charge in [-0.15, -0.1) is 0 Å². The summed E-state index contributed by atoms with van der Waals surface area (Å²) in [6.45, 7) is 2.21. The van der Waals surface area contributed by atoms with E-state index in [1.165, 1.54) is 13.2 Å². The minimum Gasteiger partial charge on any atom is -0.496 e. The van der Waals surface area contributed by atoms with Gasteiger partial charge in [0, 0.05) is 36.1 Å². The summed E-state index contributed by atoms with van der Waals surface area (Å²) < 4.78 is 24.1. The van der Waals surface area contributed by atoms with E-state index in [9.17, 15) is 9.59 Å². The molecule has 1 N–H and O–H groups in total. The van der Waals surface area contributed by atoms with E-state index in [0.29, 0.717) is 28.4 Å². The Bertz CT molecular complexity index is 1350. The summed E-state index contributed by atoms with van der Waals surface area (Å²) in [6.07, 6.45) is 10.8. The molecule has 1 aromatic carbocycles. The number of carbonyl (C=O) groups is 1. The van der Waals surface area contributed by atoms with Gasteiger partial charge in [0.25, 0.3) is 5.56 Å². The van der Waals surface area contributed by atoms with E-state index in [2.05, 4.69) is 14.3 Å². The molecule has 1 aliphatic carbocycles. The molecular formula is C25H22FN3O3S. The first-order valence-electron chi connectivity index (χ1n) is 10.7. The average molecular weight is 464 g/mol. The number of methoxy groups -OCH3 is 1. The summed E-state index contributed by atoms with van der Waals surface area (Å²) in [4.78, 5) is 32.1. The van der Waals surface area contributed by atoms with Gasteiger partial charge in [-0.3, -0.25) is 18.9 Å². The van der Waals surface area contributed by atoms with Gasteiger partial charge in [0.2, 0.25) is 5.78 Å². The number of aromatic nitrogens is 2. The molecular weight excluding hydrogens is 441 g/mol. The zero-order valence-electron chi connectivity index (χ0n) is 18.2. The quantitative estimate of drug-likeness (QED) is 0.550. The minimum atomic E-state index is -0.583. The predicted molar refractivity (Wildman–Crippen MR) is 127 cm³/mol. The number of aromatic amines is 1. The highest BCUT2D eigenvalue weighted by Gasteiger charge is 2.39. The molecule has 5 rings (SSSR count). The molecule has 0 amide bonds. The van der Waals surface area contributed by atoms with Gasteiger partial charge in [-0.1, -0.05) is 18.2 Å². The lowest BCUT2D eigenvalue weighted by Crippen LogP contribution is -2.25. The number of hydrogen-bond acceptors (Lipinski definition) is 6. The number of hydrogen-bond donors (Lipinski definition) is 1. The Labute approximate surface area is 194 Å². The number of pyridine rings is 1. The number of benzene rings is 1. The summed E-state index contributed by atoms with van der Waals surface area (Å²) in [5, 5.41) is 0.618. The topological polar surface area (TPSA) is 75.3 Å². The minimum absolute atomic E-state index is 0.0828. The van der Waals surface area contributed by atoms with E-state index in [1.807, 2.05) is 31.2 Å². The molecule has 0 bridgehead atoms. The van der Waals surface area contributed by atoms with Crippen molar-refractivity contribution in [2.24, 2.45) is 0 Å². The zero-order valence-corrected chi connectivity index (χ0v) is 19.0. The van der Waals surface area contributed by atoms with Crippen LogP contribution in [0.25, 0.3) is 11.6 Å². The van der Waals surface area contributed by atoms with E-state index < -0.39 is 17.2 Å². The number of ketones is 1. The summed E-state index contributed by atoms with van der Waals surface area (Å²) in [5.74, 6) is -0.748. The number of rotatable bonds is 5. The number of fused-ring (bicyclic) bond motifs is 2. The molecule has 1 saturated carbocycles. The largest absolute Gasteiger partial charge is 0.496 e. The second-order valence-corrected chi connectivity index (χ2v) is 8.88. The standard InChI is InChI=1S/C25H22FN3O3S/c1-3-5-15(10-14-6-4-9-27-12-14)20-19(26)11-17-18(23(20)32-2)13-29(16-7-8-16)25-21(22(17)30)24(31)28-33-25/h3-6,9-12,16H,7-8,13H2,1-2H3,(H,28,31)/b5-3-,15-10+. The number of H-pyrrole nitrogens is 1. The predicted octanol–water partition coefficient (Wildman–Crippen LogP) is 4.81. The molecule has 33 heavy (non-hydrogen) atoms. The van der Waals surface area contributed by atoms with Gasteiger partial charge in [0.05, 0.1) is 12.7 Å². The van der Waals surface area contributed by atoms with Gasteiger partial charge in [-0.05, 0) is 60.6 Å². The molecule has 1 aliphatic heterocycles. The number of allylic oxidation sites excluding steroid dienone is 3. The molecule has 3 aromatic rings. The smallest absolute Gasteiger partial charge is 0.271 e. The summed E-state index contributed by atoms with van der Waals surface area (Å²) in [7, 11) is 1.48. The Balaban J connectivity index is 1.75. The molecule has 0 spiro atoms. The third kappa shape index (κ3) is 3.70. The molecule has 2 aromatic heterocycles. The van der Waals surface area contributed by atoms with Crippen LogP contribution in [0.3, 0.4) is 0 Å². The molecule has 6 nitrogen and oxygen atoms in total. The fourth-order valence-electron chi connectivity index (χ4n) is 4.30. The number of nitrogens with one attached hydrogen (secondary N) is 1. The first-order chi connectivity index (χ1) is 16.0. The highest BCUT2D eigenvalue weighted by Crippen LogP contribution is 2.44. The van der Waals surface area contributed by atoms with Crippen LogP contribution in [0.1, 0.15) is 52.4 Å². The number of nitrogens with zero attached hydrogens (tertiary/aromatic N) is 2. The first-order valence-corrected chi connectivity index (χ1v) is 11.5. The highest BCUT2D eigenvalue weighted by molar-refractivity contribution is 7.10. The molecule has 1 fully saturated rings. The van der Waals surface area contributed by atoms with Crippen LogP contribution in [0.15, 0.2) is 47.5 Å². The first kappa shape index (κ1) is 21.3. The second kappa shape index (κ2) is 8.44. The Morgan fingerprint density at radius 2 is 2.18 bits per heavy atom. The van der Waals surface area contributed by atoms with Crippen molar-refractivity contribution in [3.63, 3.8) is 0 Å². The van der Waals surface area contributed by atoms with Crippen LogP contribution < -0.4 is 15.2 Å². The van der Waals surface area contributed by atoms with Crippen LogP contribution in [-0.4, -0.2) is 28.3 Å². The molecule has 0 radical (unpaired) electrons. The lowest BCUT2D eigenvalue weighted by Gasteiger charge is -2.24. The molecule has 0 unspecified atom stereocenters. The highest BCUT2D eigenvalue weighted by atomic mass is 32.1. The van der Waals surface area contributed by atoms with Gasteiger partial charge in [-0.25, -0.2) is 4.39 Å². The van der Waals surface area contributed by atoms with Crippen molar-refractivity contribution in [3.05, 3.63) is 86.7 Å². The van der Waals surface area contributed by atoms with Crippen LogP contribution in [0, 0.1) is 5.82 Å². The van der Waals surface area contributed by atoms with Gasteiger partial charge in [0.15, 0.2) is 0 Å². The van der Waals surface area contributed by atoms with Crippen molar-refractivity contribution in [2.75, 3.05) is 12.0 Å². The Morgan fingerprint density at radius 1 is 1.36 bits per heavy atom. The van der Waals surface area contributed by atoms with E-state index >= 15 is 4.39 Å². The molecule has 168 valence electrons.